The predicted molar refractivity (Wildman–Crippen MR) is 145 cm³/mol. The van der Waals surface area contributed by atoms with E-state index in [4.69, 9.17) is 4.74 Å². The highest BCUT2D eigenvalue weighted by Gasteiger charge is 2.20. The quantitative estimate of drug-likeness (QED) is 0.321. The molecular formula is C26H31N7O3S. The Labute approximate surface area is 217 Å². The third kappa shape index (κ3) is 6.63. The zero-order chi connectivity index (χ0) is 26.6. The Morgan fingerprint density at radius 2 is 1.73 bits per heavy atom. The number of benzene rings is 2. The summed E-state index contributed by atoms with van der Waals surface area (Å²) in [5, 5.41) is 7.30. The Morgan fingerprint density at radius 1 is 1.03 bits per heavy atom. The minimum Gasteiger partial charge on any atom is -0.439 e. The van der Waals surface area contributed by atoms with Gasteiger partial charge in [-0.25, -0.2) is 18.1 Å². The molecule has 0 amide bonds. The van der Waals surface area contributed by atoms with Crippen LogP contribution in [0.25, 0.3) is 11.3 Å². The number of rotatable bonds is 10. The van der Waals surface area contributed by atoms with Crippen LogP contribution in [0.3, 0.4) is 0 Å². The summed E-state index contributed by atoms with van der Waals surface area (Å²) in [6.07, 6.45) is 2.67. The molecule has 0 aliphatic carbocycles. The lowest BCUT2D eigenvalue weighted by Crippen LogP contribution is -2.20. The molecule has 0 unspecified atom stereocenters. The zero-order valence-corrected chi connectivity index (χ0v) is 22.4. The van der Waals surface area contributed by atoms with Crippen LogP contribution >= 0.6 is 0 Å². The third-order valence-corrected chi connectivity index (χ3v) is 6.90. The minimum atomic E-state index is -3.95. The van der Waals surface area contributed by atoms with Gasteiger partial charge in [0, 0.05) is 43.7 Å². The topological polar surface area (TPSA) is 114 Å². The Hall–Kier alpha value is -3.96. The summed E-state index contributed by atoms with van der Waals surface area (Å²) in [4.78, 5) is 11.0. The second kappa shape index (κ2) is 11.0. The third-order valence-electron chi connectivity index (χ3n) is 5.62. The van der Waals surface area contributed by atoms with E-state index in [2.05, 4.69) is 30.0 Å². The number of nitrogens with one attached hydrogen (secondary N) is 2. The van der Waals surface area contributed by atoms with E-state index in [-0.39, 0.29) is 16.7 Å². The number of sulfonamides is 1. The first-order valence-electron chi connectivity index (χ1n) is 11.7. The molecule has 0 aliphatic heterocycles. The SMILES string of the molecule is Cc1cccc(C)c1-c1cc(Oc2ccc(NCCN(C)C)cc2)nc(NS(=O)(=O)c2cnn(C)c2)n1. The van der Waals surface area contributed by atoms with E-state index >= 15 is 0 Å². The fourth-order valence-electron chi connectivity index (χ4n) is 3.77. The number of aromatic nitrogens is 4. The van der Waals surface area contributed by atoms with Crippen LogP contribution in [0.15, 0.2) is 65.8 Å². The van der Waals surface area contributed by atoms with Gasteiger partial charge in [-0.15, -0.1) is 0 Å². The first-order chi connectivity index (χ1) is 17.6. The summed E-state index contributed by atoms with van der Waals surface area (Å²) < 4.78 is 35.8. The minimum absolute atomic E-state index is 0.0101. The summed E-state index contributed by atoms with van der Waals surface area (Å²) in [7, 11) is 1.75. The van der Waals surface area contributed by atoms with Gasteiger partial charge in [-0.2, -0.15) is 10.1 Å². The van der Waals surface area contributed by atoms with Crippen molar-refractivity contribution in [3.63, 3.8) is 0 Å². The van der Waals surface area contributed by atoms with E-state index < -0.39 is 10.0 Å². The van der Waals surface area contributed by atoms with Crippen LogP contribution in [-0.4, -0.2) is 60.3 Å². The fourth-order valence-corrected chi connectivity index (χ4v) is 4.70. The molecule has 4 aromatic rings. The number of aryl methyl sites for hydroxylation is 3. The van der Waals surface area contributed by atoms with Gasteiger partial charge < -0.3 is 15.0 Å². The van der Waals surface area contributed by atoms with Crippen LogP contribution < -0.4 is 14.8 Å². The molecule has 0 spiro atoms. The highest BCUT2D eigenvalue weighted by Crippen LogP contribution is 2.31. The molecule has 4 rings (SSSR count). The van der Waals surface area contributed by atoms with Crippen molar-refractivity contribution in [1.29, 1.82) is 0 Å². The lowest BCUT2D eigenvalue weighted by Gasteiger charge is -2.14. The number of hydrogen-bond donors (Lipinski definition) is 2. The number of nitrogens with zero attached hydrogens (tertiary/aromatic N) is 5. The van der Waals surface area contributed by atoms with Crippen molar-refractivity contribution in [2.75, 3.05) is 37.2 Å². The second-order valence-electron chi connectivity index (χ2n) is 8.99. The molecule has 194 valence electrons. The van der Waals surface area contributed by atoms with Gasteiger partial charge in [0.05, 0.1) is 11.9 Å². The number of anilines is 2. The van der Waals surface area contributed by atoms with Crippen molar-refractivity contribution in [3.05, 3.63) is 72.1 Å². The van der Waals surface area contributed by atoms with E-state index in [1.54, 1.807) is 13.1 Å². The van der Waals surface area contributed by atoms with Gasteiger partial charge in [-0.1, -0.05) is 18.2 Å². The molecule has 2 heterocycles. The molecule has 0 radical (unpaired) electrons. The number of hydrogen-bond acceptors (Lipinski definition) is 8. The molecule has 0 atom stereocenters. The average molecular weight is 522 g/mol. The van der Waals surface area contributed by atoms with Gasteiger partial charge in [-0.3, -0.25) is 4.68 Å². The molecule has 2 aromatic carbocycles. The van der Waals surface area contributed by atoms with Gasteiger partial charge in [-0.05, 0) is 63.3 Å². The average Bonchev–Trinajstić information content (AvgIpc) is 3.27. The van der Waals surface area contributed by atoms with Crippen molar-refractivity contribution < 1.29 is 13.2 Å². The Bertz CT molecular complexity index is 1460. The molecule has 2 N–H and O–H groups in total. The molecule has 0 bridgehead atoms. The Kier molecular flexibility index (Phi) is 7.74. The van der Waals surface area contributed by atoms with Crippen LogP contribution in [0.1, 0.15) is 11.1 Å². The predicted octanol–water partition coefficient (Wildman–Crippen LogP) is 4.06. The maximum atomic E-state index is 12.9. The molecule has 0 fully saturated rings. The normalized spacial score (nSPS) is 11.5. The van der Waals surface area contributed by atoms with Crippen molar-refractivity contribution in [3.8, 4) is 22.9 Å². The summed E-state index contributed by atoms with van der Waals surface area (Å²) in [5.41, 5.74) is 4.40. The first kappa shape index (κ1) is 26.1. The maximum absolute atomic E-state index is 12.9. The monoisotopic (exact) mass is 521 g/mol. The first-order valence-corrected chi connectivity index (χ1v) is 13.2. The Morgan fingerprint density at radius 3 is 2.35 bits per heavy atom. The Balaban J connectivity index is 1.65. The van der Waals surface area contributed by atoms with Gasteiger partial charge in [0.2, 0.25) is 11.8 Å². The van der Waals surface area contributed by atoms with Crippen LogP contribution in [-0.2, 0) is 17.1 Å². The molecule has 10 nitrogen and oxygen atoms in total. The van der Waals surface area contributed by atoms with Crippen molar-refractivity contribution in [2.45, 2.75) is 18.7 Å². The summed E-state index contributed by atoms with van der Waals surface area (Å²) >= 11 is 0. The zero-order valence-electron chi connectivity index (χ0n) is 21.6. The maximum Gasteiger partial charge on any atom is 0.267 e. The highest BCUT2D eigenvalue weighted by atomic mass is 32.2. The van der Waals surface area contributed by atoms with E-state index in [0.717, 1.165) is 35.5 Å². The summed E-state index contributed by atoms with van der Waals surface area (Å²) in [6.45, 7) is 5.69. The van der Waals surface area contributed by atoms with Crippen LogP contribution in [0.4, 0.5) is 11.6 Å². The highest BCUT2D eigenvalue weighted by molar-refractivity contribution is 7.92. The van der Waals surface area contributed by atoms with E-state index in [9.17, 15) is 8.42 Å². The molecule has 2 aromatic heterocycles. The number of likely N-dealkylation sites (N-methyl/N-ethyl adjacent to an activating group) is 1. The summed E-state index contributed by atoms with van der Waals surface area (Å²) in [6, 6.07) is 15.1. The van der Waals surface area contributed by atoms with Crippen LogP contribution in [0, 0.1) is 13.8 Å². The van der Waals surface area contributed by atoms with E-state index in [0.29, 0.717) is 11.4 Å². The van der Waals surface area contributed by atoms with Crippen molar-refractivity contribution >= 4 is 21.7 Å². The molecular weight excluding hydrogens is 490 g/mol. The van der Waals surface area contributed by atoms with Gasteiger partial charge in [0.25, 0.3) is 10.0 Å². The lowest BCUT2D eigenvalue weighted by atomic mass is 10.00. The van der Waals surface area contributed by atoms with Crippen LogP contribution in [0.5, 0.6) is 11.6 Å². The van der Waals surface area contributed by atoms with Gasteiger partial charge >= 0.3 is 0 Å². The smallest absolute Gasteiger partial charge is 0.267 e. The fraction of sp³-hybridized carbons (Fsp3) is 0.269. The summed E-state index contributed by atoms with van der Waals surface area (Å²) in [5.74, 6) is 0.677. The lowest BCUT2D eigenvalue weighted by molar-refractivity contribution is 0.425. The standard InChI is InChI=1S/C26H31N7O3S/c1-18-7-6-8-19(2)25(18)23-15-24(36-21-11-9-20(10-12-21)27-13-14-32(3)4)30-26(29-23)31-37(34,35)22-16-28-33(5)17-22/h6-12,15-17,27H,13-14H2,1-5H3,(H,29,30,31). The molecule has 37 heavy (non-hydrogen) atoms. The van der Waals surface area contributed by atoms with Crippen molar-refractivity contribution in [1.82, 2.24) is 24.6 Å². The van der Waals surface area contributed by atoms with Gasteiger partial charge in [0.15, 0.2) is 0 Å². The van der Waals surface area contributed by atoms with E-state index in [1.165, 1.54) is 17.1 Å². The van der Waals surface area contributed by atoms with E-state index in [1.807, 2.05) is 70.4 Å². The van der Waals surface area contributed by atoms with Crippen LogP contribution in [0.2, 0.25) is 0 Å². The number of ether oxygens (including phenoxy) is 1. The molecule has 11 heteroatoms. The van der Waals surface area contributed by atoms with Crippen molar-refractivity contribution in [2.24, 2.45) is 7.05 Å². The molecule has 0 aliphatic rings. The van der Waals surface area contributed by atoms with Gasteiger partial charge in [0.1, 0.15) is 10.6 Å². The molecule has 0 saturated carbocycles. The largest absolute Gasteiger partial charge is 0.439 e. The molecule has 0 saturated heterocycles. The second-order valence-corrected chi connectivity index (χ2v) is 10.7.